The zero-order chi connectivity index (χ0) is 15.3. The third-order valence-electron chi connectivity index (χ3n) is 4.07. The van der Waals surface area contributed by atoms with Crippen LogP contribution < -0.4 is 4.72 Å². The summed E-state index contributed by atoms with van der Waals surface area (Å²) < 4.78 is 27.1. The Morgan fingerprint density at radius 1 is 1.24 bits per heavy atom. The molecule has 21 heavy (non-hydrogen) atoms. The first kappa shape index (κ1) is 16.9. The van der Waals surface area contributed by atoms with Gasteiger partial charge >= 0.3 is 0 Å². The number of hydrogen-bond acceptors (Lipinski definition) is 3. The number of likely N-dealkylation sites (tertiary alicyclic amines) is 1. The van der Waals surface area contributed by atoms with Crippen LogP contribution in [-0.4, -0.2) is 40.0 Å². The molecule has 0 unspecified atom stereocenters. The van der Waals surface area contributed by atoms with E-state index in [2.05, 4.69) is 32.6 Å². The van der Waals surface area contributed by atoms with Crippen molar-refractivity contribution in [2.24, 2.45) is 5.92 Å². The molecule has 0 aliphatic carbocycles. The third kappa shape index (κ3) is 5.06. The minimum absolute atomic E-state index is 0.343. The summed E-state index contributed by atoms with van der Waals surface area (Å²) in [6.45, 7) is 2.76. The summed E-state index contributed by atoms with van der Waals surface area (Å²) in [7, 11) is -1.24. The Balaban J connectivity index is 1.83. The third-order valence-corrected chi connectivity index (χ3v) is 6.20. The lowest BCUT2D eigenvalue weighted by molar-refractivity contribution is 0.213. The second-order valence-electron chi connectivity index (χ2n) is 5.71. The largest absolute Gasteiger partial charge is 0.306 e. The molecular formula is C15H23BrN2O2S. The van der Waals surface area contributed by atoms with Crippen molar-refractivity contribution in [3.8, 4) is 0 Å². The van der Waals surface area contributed by atoms with Crippen LogP contribution in [0, 0.1) is 5.92 Å². The highest BCUT2D eigenvalue weighted by Gasteiger charge is 2.18. The van der Waals surface area contributed by atoms with Crippen LogP contribution in [0.2, 0.25) is 0 Å². The fourth-order valence-electron chi connectivity index (χ4n) is 2.59. The van der Waals surface area contributed by atoms with E-state index in [9.17, 15) is 8.42 Å². The van der Waals surface area contributed by atoms with Crippen molar-refractivity contribution < 1.29 is 8.42 Å². The SMILES string of the molecule is CN1CCC(CCNS(=O)(=O)c2ccc(CBr)cc2)CC1. The molecule has 0 aromatic heterocycles. The highest BCUT2D eigenvalue weighted by atomic mass is 79.9. The molecule has 0 radical (unpaired) electrons. The van der Waals surface area contributed by atoms with Crippen molar-refractivity contribution >= 4 is 26.0 Å². The lowest BCUT2D eigenvalue weighted by atomic mass is 9.94. The predicted molar refractivity (Wildman–Crippen MR) is 89.1 cm³/mol. The number of piperidine rings is 1. The Kier molecular flexibility index (Phi) is 6.22. The van der Waals surface area contributed by atoms with E-state index >= 15 is 0 Å². The molecule has 1 heterocycles. The van der Waals surface area contributed by atoms with Gasteiger partial charge in [0.1, 0.15) is 0 Å². The van der Waals surface area contributed by atoms with E-state index in [0.717, 1.165) is 43.2 Å². The molecule has 0 amide bonds. The minimum atomic E-state index is -3.37. The van der Waals surface area contributed by atoms with Crippen LogP contribution in [0.5, 0.6) is 0 Å². The highest BCUT2D eigenvalue weighted by molar-refractivity contribution is 9.08. The van der Waals surface area contributed by atoms with Gasteiger partial charge in [-0.3, -0.25) is 0 Å². The van der Waals surface area contributed by atoms with Crippen LogP contribution in [0.1, 0.15) is 24.8 Å². The molecule has 0 spiro atoms. The lowest BCUT2D eigenvalue weighted by Crippen LogP contribution is -2.32. The molecule has 1 fully saturated rings. The molecular weight excluding hydrogens is 352 g/mol. The summed E-state index contributed by atoms with van der Waals surface area (Å²) in [6.07, 6.45) is 3.25. The van der Waals surface area contributed by atoms with Gasteiger partial charge in [-0.25, -0.2) is 13.1 Å². The Labute approximate surface area is 136 Å². The summed E-state index contributed by atoms with van der Waals surface area (Å²) in [6, 6.07) is 6.99. The first-order chi connectivity index (χ1) is 10.0. The van der Waals surface area contributed by atoms with E-state index in [1.165, 1.54) is 0 Å². The smallest absolute Gasteiger partial charge is 0.240 e. The van der Waals surface area contributed by atoms with E-state index in [1.54, 1.807) is 12.1 Å². The van der Waals surface area contributed by atoms with Gasteiger partial charge in [0.2, 0.25) is 10.0 Å². The molecule has 4 nitrogen and oxygen atoms in total. The fourth-order valence-corrected chi connectivity index (χ4v) is 4.01. The normalized spacial score (nSPS) is 18.0. The lowest BCUT2D eigenvalue weighted by Gasteiger charge is -2.28. The van der Waals surface area contributed by atoms with Crippen molar-refractivity contribution in [3.05, 3.63) is 29.8 Å². The van der Waals surface area contributed by atoms with Crippen molar-refractivity contribution in [2.75, 3.05) is 26.7 Å². The molecule has 1 aliphatic rings. The standard InChI is InChI=1S/C15H23BrN2O2S/c1-18-10-7-13(8-11-18)6-9-17-21(19,20)15-4-2-14(12-16)3-5-15/h2-5,13,17H,6-12H2,1H3. The molecule has 6 heteroatoms. The summed E-state index contributed by atoms with van der Waals surface area (Å²) in [5.74, 6) is 0.639. The van der Waals surface area contributed by atoms with Gasteiger partial charge in [-0.15, -0.1) is 0 Å². The summed E-state index contributed by atoms with van der Waals surface area (Å²) in [5.41, 5.74) is 1.07. The molecule has 1 N–H and O–H groups in total. The minimum Gasteiger partial charge on any atom is -0.306 e. The molecule has 0 bridgehead atoms. The molecule has 1 saturated heterocycles. The molecule has 1 aromatic rings. The number of nitrogens with one attached hydrogen (secondary N) is 1. The molecule has 1 aromatic carbocycles. The van der Waals surface area contributed by atoms with E-state index in [1.807, 2.05) is 12.1 Å². The summed E-state index contributed by atoms with van der Waals surface area (Å²) in [4.78, 5) is 2.67. The Bertz CT molecular complexity index is 537. The van der Waals surface area contributed by atoms with Gasteiger partial charge in [-0.05, 0) is 63.0 Å². The maximum absolute atomic E-state index is 12.2. The Hall–Kier alpha value is -0.430. The quantitative estimate of drug-likeness (QED) is 0.778. The van der Waals surface area contributed by atoms with E-state index in [0.29, 0.717) is 17.4 Å². The van der Waals surface area contributed by atoms with Crippen molar-refractivity contribution in [1.82, 2.24) is 9.62 Å². The van der Waals surface area contributed by atoms with Crippen LogP contribution in [-0.2, 0) is 15.4 Å². The van der Waals surface area contributed by atoms with Gasteiger partial charge in [0.05, 0.1) is 4.90 Å². The number of halogens is 1. The fraction of sp³-hybridized carbons (Fsp3) is 0.600. The highest BCUT2D eigenvalue weighted by Crippen LogP contribution is 2.19. The van der Waals surface area contributed by atoms with Gasteiger partial charge in [-0.2, -0.15) is 0 Å². The molecule has 2 rings (SSSR count). The Morgan fingerprint density at radius 2 is 1.86 bits per heavy atom. The van der Waals surface area contributed by atoms with Gasteiger partial charge in [0.15, 0.2) is 0 Å². The topological polar surface area (TPSA) is 49.4 Å². The Morgan fingerprint density at radius 3 is 2.43 bits per heavy atom. The van der Waals surface area contributed by atoms with E-state index < -0.39 is 10.0 Å². The monoisotopic (exact) mass is 374 g/mol. The van der Waals surface area contributed by atoms with E-state index in [-0.39, 0.29) is 0 Å². The molecule has 0 atom stereocenters. The summed E-state index contributed by atoms with van der Waals surface area (Å²) in [5, 5.41) is 0.733. The average molecular weight is 375 g/mol. The molecule has 1 aliphatic heterocycles. The van der Waals surface area contributed by atoms with Crippen LogP contribution >= 0.6 is 15.9 Å². The number of alkyl halides is 1. The number of sulfonamides is 1. The predicted octanol–water partition coefficient (Wildman–Crippen LogP) is 2.59. The maximum atomic E-state index is 12.2. The van der Waals surface area contributed by atoms with Crippen molar-refractivity contribution in [3.63, 3.8) is 0 Å². The zero-order valence-corrected chi connectivity index (χ0v) is 14.8. The van der Waals surface area contributed by atoms with Crippen molar-refractivity contribution in [2.45, 2.75) is 29.5 Å². The van der Waals surface area contributed by atoms with Gasteiger partial charge in [0, 0.05) is 11.9 Å². The second kappa shape index (κ2) is 7.72. The van der Waals surface area contributed by atoms with Crippen LogP contribution in [0.25, 0.3) is 0 Å². The summed E-state index contributed by atoms with van der Waals surface area (Å²) >= 11 is 3.35. The van der Waals surface area contributed by atoms with Gasteiger partial charge < -0.3 is 4.90 Å². The van der Waals surface area contributed by atoms with Gasteiger partial charge in [-0.1, -0.05) is 28.1 Å². The number of hydrogen-bond donors (Lipinski definition) is 1. The van der Waals surface area contributed by atoms with Crippen LogP contribution in [0.15, 0.2) is 29.2 Å². The number of nitrogens with zero attached hydrogens (tertiary/aromatic N) is 1. The maximum Gasteiger partial charge on any atom is 0.240 e. The van der Waals surface area contributed by atoms with Crippen LogP contribution in [0.3, 0.4) is 0 Å². The zero-order valence-electron chi connectivity index (χ0n) is 12.4. The second-order valence-corrected chi connectivity index (χ2v) is 8.04. The van der Waals surface area contributed by atoms with Crippen molar-refractivity contribution in [1.29, 1.82) is 0 Å². The number of rotatable bonds is 6. The van der Waals surface area contributed by atoms with Crippen LogP contribution in [0.4, 0.5) is 0 Å². The van der Waals surface area contributed by atoms with E-state index in [4.69, 9.17) is 0 Å². The average Bonchev–Trinajstić information content (AvgIpc) is 2.49. The first-order valence-corrected chi connectivity index (χ1v) is 9.95. The number of benzene rings is 1. The molecule has 118 valence electrons. The molecule has 0 saturated carbocycles. The van der Waals surface area contributed by atoms with Gasteiger partial charge in [0.25, 0.3) is 0 Å². The first-order valence-electron chi connectivity index (χ1n) is 7.34.